The summed E-state index contributed by atoms with van der Waals surface area (Å²) >= 11 is 5.91. The first-order valence-corrected chi connectivity index (χ1v) is 11.0. The van der Waals surface area contributed by atoms with Crippen LogP contribution in [0.25, 0.3) is 0 Å². The van der Waals surface area contributed by atoms with Crippen LogP contribution in [-0.4, -0.2) is 47.9 Å². The topological polar surface area (TPSA) is 94.4 Å². The van der Waals surface area contributed by atoms with Gasteiger partial charge in [-0.3, -0.25) is 14.4 Å². The predicted octanol–water partition coefficient (Wildman–Crippen LogP) is 2.24. The number of carbonyl (C=O) groups excluding carboxylic acids is 2. The van der Waals surface area contributed by atoms with Crippen molar-refractivity contribution in [3.8, 4) is 11.8 Å². The number of halogens is 1. The number of primary amides is 1. The summed E-state index contributed by atoms with van der Waals surface area (Å²) in [5, 5.41) is 2.18. The molecule has 2 N–H and O–H groups in total. The zero-order chi connectivity index (χ0) is 23.2. The minimum atomic E-state index is -1.32. The first kappa shape index (κ1) is 21.9. The molecule has 1 saturated carbocycles. The van der Waals surface area contributed by atoms with Crippen LogP contribution in [0, 0.1) is 24.2 Å². The van der Waals surface area contributed by atoms with Crippen molar-refractivity contribution in [1.29, 1.82) is 0 Å². The van der Waals surface area contributed by atoms with E-state index in [0.29, 0.717) is 11.4 Å². The molecule has 0 spiro atoms. The summed E-state index contributed by atoms with van der Waals surface area (Å²) in [5.74, 6) is 4.58. The highest BCUT2D eigenvalue weighted by Gasteiger charge is 2.68. The molecule has 3 fully saturated rings. The number of esters is 1. The molecule has 8 heteroatoms. The average molecular weight is 466 g/mol. The number of nitrogens with two attached hydrogens (primary N) is 1. The van der Waals surface area contributed by atoms with Gasteiger partial charge in [0, 0.05) is 34.9 Å². The Hall–Kier alpha value is -2.89. The van der Waals surface area contributed by atoms with Crippen molar-refractivity contribution in [3.63, 3.8) is 0 Å². The van der Waals surface area contributed by atoms with E-state index in [2.05, 4.69) is 11.8 Å². The summed E-state index contributed by atoms with van der Waals surface area (Å²) < 4.78 is 10.6. The van der Waals surface area contributed by atoms with Gasteiger partial charge in [0.05, 0.1) is 25.9 Å². The third-order valence-corrected chi connectivity index (χ3v) is 6.59. The monoisotopic (exact) mass is 465 g/mol. The van der Waals surface area contributed by atoms with E-state index in [1.54, 1.807) is 12.1 Å². The van der Waals surface area contributed by atoms with E-state index in [1.807, 2.05) is 42.8 Å². The van der Waals surface area contributed by atoms with Crippen LogP contribution in [0.1, 0.15) is 23.1 Å². The fraction of sp³-hybridized carbons (Fsp3) is 0.320. The molecule has 5 atom stereocenters. The van der Waals surface area contributed by atoms with Crippen LogP contribution in [-0.2, 0) is 30.4 Å². The number of fused-ring (bicyclic) bond motifs is 2. The number of methoxy groups -OCH3 is 1. The molecule has 3 aliphatic rings. The molecule has 0 bridgehead atoms. The lowest BCUT2D eigenvalue weighted by molar-refractivity contribution is -0.217. The Kier molecular flexibility index (Phi) is 5.63. The van der Waals surface area contributed by atoms with Crippen LogP contribution < -0.4 is 5.73 Å². The SMILES string of the molecule is COC(=O)[C@@H]1[C@@H]2[CH][C@H]3O[C@H]3C[C@]2(C(N)=O)ON1Cc1ccc(C#Cc2ccc(Cl)cc2)cc1. The maximum absolute atomic E-state index is 12.7. The molecule has 1 amide bonds. The minimum Gasteiger partial charge on any atom is -0.468 e. The number of epoxide rings is 1. The largest absolute Gasteiger partial charge is 0.468 e. The van der Waals surface area contributed by atoms with Gasteiger partial charge in [0.2, 0.25) is 0 Å². The maximum Gasteiger partial charge on any atom is 0.325 e. The van der Waals surface area contributed by atoms with Gasteiger partial charge in [-0.1, -0.05) is 35.6 Å². The van der Waals surface area contributed by atoms with Crippen molar-refractivity contribution in [1.82, 2.24) is 5.06 Å². The molecule has 2 heterocycles. The van der Waals surface area contributed by atoms with Crippen molar-refractivity contribution in [2.75, 3.05) is 7.11 Å². The van der Waals surface area contributed by atoms with Crippen LogP contribution in [0.2, 0.25) is 5.02 Å². The van der Waals surface area contributed by atoms with Crippen molar-refractivity contribution >= 4 is 23.5 Å². The molecule has 0 aromatic heterocycles. The van der Waals surface area contributed by atoms with Gasteiger partial charge < -0.3 is 15.2 Å². The van der Waals surface area contributed by atoms with Crippen LogP contribution >= 0.6 is 11.6 Å². The van der Waals surface area contributed by atoms with Crippen LogP contribution in [0.5, 0.6) is 0 Å². The first-order chi connectivity index (χ1) is 15.9. The minimum absolute atomic E-state index is 0.0864. The number of rotatable bonds is 4. The van der Waals surface area contributed by atoms with Gasteiger partial charge >= 0.3 is 5.97 Å². The van der Waals surface area contributed by atoms with E-state index in [4.69, 9.17) is 31.6 Å². The third kappa shape index (κ3) is 4.11. The second-order valence-corrected chi connectivity index (χ2v) is 8.84. The summed E-state index contributed by atoms with van der Waals surface area (Å²) in [6.45, 7) is 0.278. The van der Waals surface area contributed by atoms with E-state index >= 15 is 0 Å². The van der Waals surface area contributed by atoms with Crippen molar-refractivity contribution < 1.29 is 23.9 Å². The number of hydrogen-bond donors (Lipinski definition) is 1. The molecule has 5 rings (SSSR count). The van der Waals surface area contributed by atoms with E-state index in [0.717, 1.165) is 16.7 Å². The lowest BCUT2D eigenvalue weighted by Crippen LogP contribution is -2.54. The third-order valence-electron chi connectivity index (χ3n) is 6.34. The van der Waals surface area contributed by atoms with Crippen LogP contribution in [0.4, 0.5) is 0 Å². The number of hydrogen-bond acceptors (Lipinski definition) is 6. The maximum atomic E-state index is 12.7. The summed E-state index contributed by atoms with van der Waals surface area (Å²) in [6.07, 6.45) is 1.98. The molecule has 2 aromatic rings. The van der Waals surface area contributed by atoms with E-state index in [9.17, 15) is 9.59 Å². The van der Waals surface area contributed by atoms with Gasteiger partial charge in [0.25, 0.3) is 5.91 Å². The second-order valence-electron chi connectivity index (χ2n) is 8.40. The summed E-state index contributed by atoms with van der Waals surface area (Å²) in [4.78, 5) is 31.2. The van der Waals surface area contributed by atoms with Crippen LogP contribution in [0.15, 0.2) is 48.5 Å². The zero-order valence-electron chi connectivity index (χ0n) is 17.9. The molecule has 2 aromatic carbocycles. The quantitative estimate of drug-likeness (QED) is 0.423. The summed E-state index contributed by atoms with van der Waals surface area (Å²) in [7, 11) is 1.32. The van der Waals surface area contributed by atoms with E-state index in [1.165, 1.54) is 12.2 Å². The molecule has 7 nitrogen and oxygen atoms in total. The smallest absolute Gasteiger partial charge is 0.325 e. The second kappa shape index (κ2) is 8.47. The highest BCUT2D eigenvalue weighted by atomic mass is 35.5. The Bertz CT molecular complexity index is 1140. The molecular formula is C25H22ClN2O5. The summed E-state index contributed by atoms with van der Waals surface area (Å²) in [5.41, 5.74) is 7.03. The predicted molar refractivity (Wildman–Crippen MR) is 119 cm³/mol. The Morgan fingerprint density at radius 3 is 2.39 bits per heavy atom. The normalized spacial score (nSPS) is 29.9. The first-order valence-electron chi connectivity index (χ1n) is 10.6. The lowest BCUT2D eigenvalue weighted by atomic mass is 9.72. The van der Waals surface area contributed by atoms with Crippen molar-refractivity contribution in [2.24, 2.45) is 11.7 Å². The molecule has 2 aliphatic heterocycles. The standard InChI is InChI=1S/C25H22ClN2O5/c1-31-23(29)22-19-12-20-21(32-20)13-25(19,24(27)30)33-28(22)14-17-6-4-15(5-7-17)2-3-16-8-10-18(26)11-9-16/h4-12,19-22H,13-14H2,1H3,(H2,27,30)/t19-,20+,21-,22-,25-/m0/s1. The number of amides is 1. The van der Waals surface area contributed by atoms with Gasteiger partial charge in [0.15, 0.2) is 5.60 Å². The number of benzene rings is 2. The zero-order valence-corrected chi connectivity index (χ0v) is 18.6. The van der Waals surface area contributed by atoms with Gasteiger partial charge in [-0.25, -0.2) is 0 Å². The molecule has 1 aliphatic carbocycles. The van der Waals surface area contributed by atoms with Gasteiger partial charge in [-0.15, -0.1) is 0 Å². The average Bonchev–Trinajstić information content (AvgIpc) is 3.49. The number of ether oxygens (including phenoxy) is 2. The molecule has 0 unspecified atom stereocenters. The van der Waals surface area contributed by atoms with Gasteiger partial charge in [-0.2, -0.15) is 5.06 Å². The van der Waals surface area contributed by atoms with E-state index in [-0.39, 0.29) is 18.8 Å². The fourth-order valence-electron chi connectivity index (χ4n) is 4.56. The molecule has 2 saturated heterocycles. The molecule has 33 heavy (non-hydrogen) atoms. The number of carbonyl (C=O) groups is 2. The van der Waals surface area contributed by atoms with Crippen molar-refractivity contribution in [3.05, 3.63) is 76.7 Å². The Morgan fingerprint density at radius 1 is 1.15 bits per heavy atom. The van der Waals surface area contributed by atoms with Gasteiger partial charge in [0.1, 0.15) is 6.04 Å². The fourth-order valence-corrected chi connectivity index (χ4v) is 4.69. The Labute approximate surface area is 196 Å². The summed E-state index contributed by atoms with van der Waals surface area (Å²) in [6, 6.07) is 14.1. The van der Waals surface area contributed by atoms with Crippen molar-refractivity contribution in [2.45, 2.75) is 36.8 Å². The van der Waals surface area contributed by atoms with E-state index < -0.39 is 29.4 Å². The Balaban J connectivity index is 1.35. The Morgan fingerprint density at radius 2 is 1.79 bits per heavy atom. The molecular weight excluding hydrogens is 444 g/mol. The van der Waals surface area contributed by atoms with Crippen LogP contribution in [0.3, 0.4) is 0 Å². The highest BCUT2D eigenvalue weighted by molar-refractivity contribution is 6.30. The lowest BCUT2D eigenvalue weighted by Gasteiger charge is -2.32. The number of nitrogens with zero attached hydrogens (tertiary/aromatic N) is 1. The molecule has 169 valence electrons. The highest BCUT2D eigenvalue weighted by Crippen LogP contribution is 2.52. The van der Waals surface area contributed by atoms with Gasteiger partial charge in [-0.05, 0) is 42.0 Å². The molecule has 1 radical (unpaired) electrons. The number of hydroxylamine groups is 2.